The highest BCUT2D eigenvalue weighted by molar-refractivity contribution is 6.31. The van der Waals surface area contributed by atoms with Crippen LogP contribution in [0.2, 0.25) is 5.02 Å². The molecule has 0 bridgehead atoms. The molecule has 3 aromatic rings. The monoisotopic (exact) mass is 202 g/mol. The van der Waals surface area contributed by atoms with Crippen LogP contribution in [0.15, 0.2) is 47.1 Å². The van der Waals surface area contributed by atoms with E-state index >= 15 is 0 Å². The van der Waals surface area contributed by atoms with Gasteiger partial charge in [0.25, 0.3) is 0 Å². The minimum absolute atomic E-state index is 0.737. The minimum atomic E-state index is 0.737. The van der Waals surface area contributed by atoms with E-state index in [1.807, 2.05) is 24.3 Å². The van der Waals surface area contributed by atoms with Gasteiger partial charge in [-0.15, -0.1) is 0 Å². The van der Waals surface area contributed by atoms with E-state index in [-0.39, 0.29) is 0 Å². The van der Waals surface area contributed by atoms with Gasteiger partial charge in [-0.2, -0.15) is 0 Å². The Bertz CT molecular complexity index is 610. The largest absolute Gasteiger partial charge is 0.464 e. The number of hydrogen-bond donors (Lipinski definition) is 0. The molecule has 0 amide bonds. The summed E-state index contributed by atoms with van der Waals surface area (Å²) in [6.07, 6.45) is 1.70. The van der Waals surface area contributed by atoms with E-state index in [9.17, 15) is 0 Å². The predicted molar refractivity (Wildman–Crippen MR) is 58.7 cm³/mol. The van der Waals surface area contributed by atoms with Crippen LogP contribution in [-0.4, -0.2) is 0 Å². The van der Waals surface area contributed by atoms with Gasteiger partial charge in [-0.1, -0.05) is 29.8 Å². The fourth-order valence-electron chi connectivity index (χ4n) is 1.72. The smallest absolute Gasteiger partial charge is 0.141 e. The fourth-order valence-corrected chi connectivity index (χ4v) is 1.89. The van der Waals surface area contributed by atoms with E-state index in [0.717, 1.165) is 26.8 Å². The van der Waals surface area contributed by atoms with Crippen LogP contribution in [-0.2, 0) is 0 Å². The van der Waals surface area contributed by atoms with Gasteiger partial charge in [0.1, 0.15) is 5.58 Å². The van der Waals surface area contributed by atoms with Gasteiger partial charge in [0.15, 0.2) is 0 Å². The Balaban J connectivity index is 2.60. The topological polar surface area (TPSA) is 13.1 Å². The molecule has 1 aromatic heterocycles. The van der Waals surface area contributed by atoms with Crippen molar-refractivity contribution < 1.29 is 4.42 Å². The molecule has 2 aromatic carbocycles. The van der Waals surface area contributed by atoms with E-state index in [1.165, 1.54) is 0 Å². The molecule has 1 heterocycles. The third-order valence-corrected chi connectivity index (χ3v) is 2.63. The number of furan rings is 1. The quantitative estimate of drug-likeness (QED) is 0.532. The lowest BCUT2D eigenvalue weighted by atomic mass is 10.1. The van der Waals surface area contributed by atoms with Gasteiger partial charge in [-0.05, 0) is 23.6 Å². The molecule has 0 saturated carbocycles. The van der Waals surface area contributed by atoms with Crippen LogP contribution in [0.3, 0.4) is 0 Å². The van der Waals surface area contributed by atoms with Crippen molar-refractivity contribution in [1.82, 2.24) is 0 Å². The zero-order chi connectivity index (χ0) is 9.54. The van der Waals surface area contributed by atoms with E-state index in [0.29, 0.717) is 0 Å². The normalized spacial score (nSPS) is 11.2. The molecule has 0 aliphatic carbocycles. The van der Waals surface area contributed by atoms with Gasteiger partial charge in [0.05, 0.1) is 6.26 Å². The van der Waals surface area contributed by atoms with Crippen LogP contribution < -0.4 is 0 Å². The Morgan fingerprint density at radius 1 is 0.929 bits per heavy atom. The summed E-state index contributed by atoms with van der Waals surface area (Å²) in [5, 5.41) is 4.07. The van der Waals surface area contributed by atoms with E-state index < -0.39 is 0 Å². The van der Waals surface area contributed by atoms with E-state index in [1.54, 1.807) is 6.26 Å². The van der Waals surface area contributed by atoms with Crippen molar-refractivity contribution in [3.05, 3.63) is 47.7 Å². The van der Waals surface area contributed by atoms with Crippen molar-refractivity contribution in [2.24, 2.45) is 0 Å². The molecular weight excluding hydrogens is 196 g/mol. The number of rotatable bonds is 0. The molecular formula is C12H7ClO. The first-order valence-electron chi connectivity index (χ1n) is 4.40. The first-order valence-corrected chi connectivity index (χ1v) is 4.78. The number of halogens is 1. The van der Waals surface area contributed by atoms with Crippen molar-refractivity contribution in [2.45, 2.75) is 0 Å². The Morgan fingerprint density at radius 3 is 2.64 bits per heavy atom. The van der Waals surface area contributed by atoms with Crippen molar-refractivity contribution in [3.8, 4) is 0 Å². The van der Waals surface area contributed by atoms with Crippen LogP contribution in [0.1, 0.15) is 0 Å². The molecule has 0 saturated heterocycles. The van der Waals surface area contributed by atoms with Gasteiger partial charge in [0, 0.05) is 15.8 Å². The van der Waals surface area contributed by atoms with Crippen molar-refractivity contribution in [2.75, 3.05) is 0 Å². The summed E-state index contributed by atoms with van der Waals surface area (Å²) in [4.78, 5) is 0. The van der Waals surface area contributed by atoms with Crippen LogP contribution in [0.4, 0.5) is 0 Å². The molecule has 0 radical (unpaired) electrons. The molecule has 0 aliphatic rings. The Hall–Kier alpha value is -1.47. The number of benzene rings is 2. The maximum atomic E-state index is 5.94. The molecule has 0 N–H and O–H groups in total. The highest BCUT2D eigenvalue weighted by Crippen LogP contribution is 2.28. The highest BCUT2D eigenvalue weighted by Gasteiger charge is 2.03. The summed E-state index contributed by atoms with van der Waals surface area (Å²) in [5.41, 5.74) is 0.907. The first-order chi connectivity index (χ1) is 6.84. The average molecular weight is 203 g/mol. The number of hydrogen-bond acceptors (Lipinski definition) is 1. The van der Waals surface area contributed by atoms with Crippen molar-refractivity contribution >= 4 is 33.3 Å². The zero-order valence-electron chi connectivity index (χ0n) is 7.33. The van der Waals surface area contributed by atoms with Crippen LogP contribution in [0.5, 0.6) is 0 Å². The Kier molecular flexibility index (Phi) is 1.55. The summed E-state index contributed by atoms with van der Waals surface area (Å²) >= 11 is 5.94. The molecule has 0 aliphatic heterocycles. The summed E-state index contributed by atoms with van der Waals surface area (Å²) < 4.78 is 5.43. The molecule has 0 unspecified atom stereocenters. The summed E-state index contributed by atoms with van der Waals surface area (Å²) in [6, 6.07) is 11.9. The van der Waals surface area contributed by atoms with Crippen LogP contribution >= 0.6 is 11.6 Å². The van der Waals surface area contributed by atoms with Gasteiger partial charge in [-0.25, -0.2) is 0 Å². The third-order valence-electron chi connectivity index (χ3n) is 2.40. The van der Waals surface area contributed by atoms with Crippen LogP contribution in [0, 0.1) is 0 Å². The van der Waals surface area contributed by atoms with E-state index in [4.69, 9.17) is 16.0 Å². The third kappa shape index (κ3) is 1.03. The minimum Gasteiger partial charge on any atom is -0.464 e. The second-order valence-corrected chi connectivity index (χ2v) is 3.71. The molecule has 0 spiro atoms. The SMILES string of the molecule is Clc1ccc2ccc3ccoc3c2c1. The first kappa shape index (κ1) is 7.89. The van der Waals surface area contributed by atoms with Crippen molar-refractivity contribution in [3.63, 3.8) is 0 Å². The molecule has 3 rings (SSSR count). The highest BCUT2D eigenvalue weighted by atomic mass is 35.5. The maximum Gasteiger partial charge on any atom is 0.141 e. The number of fused-ring (bicyclic) bond motifs is 3. The zero-order valence-corrected chi connectivity index (χ0v) is 8.08. The molecule has 0 atom stereocenters. The van der Waals surface area contributed by atoms with Gasteiger partial charge >= 0.3 is 0 Å². The summed E-state index contributed by atoms with van der Waals surface area (Å²) in [6.45, 7) is 0. The van der Waals surface area contributed by atoms with Gasteiger partial charge in [-0.3, -0.25) is 0 Å². The second kappa shape index (κ2) is 2.76. The predicted octanol–water partition coefficient (Wildman–Crippen LogP) is 4.24. The van der Waals surface area contributed by atoms with Gasteiger partial charge in [0.2, 0.25) is 0 Å². The fraction of sp³-hybridized carbons (Fsp3) is 0. The molecule has 0 fully saturated rings. The molecule has 2 heteroatoms. The molecule has 68 valence electrons. The molecule has 1 nitrogen and oxygen atoms in total. The van der Waals surface area contributed by atoms with Crippen LogP contribution in [0.25, 0.3) is 21.7 Å². The lowest BCUT2D eigenvalue weighted by molar-refractivity contribution is 0.619. The van der Waals surface area contributed by atoms with Crippen molar-refractivity contribution in [1.29, 1.82) is 0 Å². The Morgan fingerprint density at radius 2 is 1.71 bits per heavy atom. The lowest BCUT2D eigenvalue weighted by Crippen LogP contribution is -1.73. The molecule has 14 heavy (non-hydrogen) atoms. The standard InChI is InChI=1S/C12H7ClO/c13-10-4-3-8-1-2-9-5-6-14-12(9)11(8)7-10/h1-7H. The maximum absolute atomic E-state index is 5.94. The Labute approximate surface area is 85.9 Å². The summed E-state index contributed by atoms with van der Waals surface area (Å²) in [7, 11) is 0. The summed E-state index contributed by atoms with van der Waals surface area (Å²) in [5.74, 6) is 0. The second-order valence-electron chi connectivity index (χ2n) is 3.27. The van der Waals surface area contributed by atoms with E-state index in [2.05, 4.69) is 12.1 Å². The van der Waals surface area contributed by atoms with Gasteiger partial charge < -0.3 is 4.42 Å². The average Bonchev–Trinajstić information content (AvgIpc) is 2.65. The lowest BCUT2D eigenvalue weighted by Gasteiger charge is -1.98.